The van der Waals surface area contributed by atoms with E-state index < -0.39 is 17.0 Å². The van der Waals surface area contributed by atoms with E-state index in [1.807, 2.05) is 0 Å². The first-order valence-corrected chi connectivity index (χ1v) is 26.9. The molecule has 4 atom stereocenters. The number of rotatable bonds is 10. The van der Waals surface area contributed by atoms with Crippen LogP contribution in [0.2, 0.25) is 11.6 Å². The molecular weight excluding hydrogens is 769 g/mol. The summed E-state index contributed by atoms with van der Waals surface area (Å²) in [6.45, 7) is 20.5. The monoisotopic (exact) mass is 847 g/mol. The van der Waals surface area contributed by atoms with Crippen LogP contribution in [0.1, 0.15) is 155 Å². The van der Waals surface area contributed by atoms with Crippen LogP contribution < -0.4 is 0 Å². The average Bonchev–Trinajstić information content (AvgIpc) is 3.96. The summed E-state index contributed by atoms with van der Waals surface area (Å²) in [7, 11) is 9.78. The molecule has 0 bridgehead atoms. The third-order valence-corrected chi connectivity index (χ3v) is 14.8. The Hall–Kier alpha value is -0.736. The van der Waals surface area contributed by atoms with Crippen molar-refractivity contribution in [1.82, 2.24) is 9.62 Å². The Bertz CT molecular complexity index is 1450. The third kappa shape index (κ3) is 11.8. The third-order valence-electron chi connectivity index (χ3n) is 14.8. The molecule has 0 N–H and O–H groups in total. The van der Waals surface area contributed by atoms with Gasteiger partial charge in [0, 0.05) is 0 Å². The fourth-order valence-electron chi connectivity index (χ4n) is 13.1. The van der Waals surface area contributed by atoms with E-state index in [2.05, 4.69) is 126 Å². The van der Waals surface area contributed by atoms with Gasteiger partial charge in [-0.25, -0.2) is 0 Å². The van der Waals surface area contributed by atoms with Crippen molar-refractivity contribution in [3.05, 3.63) is 96.6 Å². The van der Waals surface area contributed by atoms with E-state index in [-0.39, 0.29) is 14.9 Å². The van der Waals surface area contributed by atoms with Gasteiger partial charge in [-0.15, -0.1) is 0 Å². The molecule has 8 rings (SSSR count). The normalized spacial score (nSPS) is 25.6. The van der Waals surface area contributed by atoms with E-state index in [1.54, 1.807) is 62.3 Å². The second-order valence-electron chi connectivity index (χ2n) is 19.5. The van der Waals surface area contributed by atoms with Crippen LogP contribution in [0.15, 0.2) is 59.5 Å². The van der Waals surface area contributed by atoms with Gasteiger partial charge in [-0.1, -0.05) is 204 Å². The molecule has 0 radical (unpaired) electrons. The van der Waals surface area contributed by atoms with Crippen molar-refractivity contribution < 1.29 is 17.0 Å². The van der Waals surface area contributed by atoms with Crippen LogP contribution in [-0.2, 0) is 29.9 Å². The zero-order valence-corrected chi connectivity index (χ0v) is 40.8. The van der Waals surface area contributed by atoms with Gasteiger partial charge < -0.3 is 24.5 Å². The first kappa shape index (κ1) is 48.9. The molecule has 0 saturated heterocycles. The van der Waals surface area contributed by atoms with Crippen molar-refractivity contribution in [1.29, 1.82) is 0 Å². The molecule has 57 heavy (non-hydrogen) atoms. The minimum atomic E-state index is -0.556. The van der Waals surface area contributed by atoms with Gasteiger partial charge >= 0.3 is 35.6 Å². The second-order valence-corrected chi connectivity index (χ2v) is 22.1. The Kier molecular flexibility index (Phi) is 19.7. The van der Waals surface area contributed by atoms with E-state index in [0.29, 0.717) is 31.0 Å². The maximum atomic E-state index is 4.89. The Morgan fingerprint density at radius 1 is 0.526 bits per heavy atom. The first-order valence-electron chi connectivity index (χ1n) is 22.6. The van der Waals surface area contributed by atoms with Gasteiger partial charge in [0.25, 0.3) is 6.85 Å². The molecule has 314 valence electrons. The molecule has 6 aliphatic carbocycles. The van der Waals surface area contributed by atoms with Crippen molar-refractivity contribution in [3.8, 4) is 0 Å². The minimum absolute atomic E-state index is 0. The van der Waals surface area contributed by atoms with Gasteiger partial charge in [0.2, 0.25) is 6.85 Å². The molecule has 7 heteroatoms. The fourth-order valence-corrected chi connectivity index (χ4v) is 13.1. The van der Waals surface area contributed by atoms with Gasteiger partial charge in [-0.05, 0) is 94.6 Å². The molecule has 4 saturated carbocycles. The molecule has 2 nitrogen and oxygen atoms in total. The van der Waals surface area contributed by atoms with Crippen LogP contribution in [0.25, 0.3) is 12.2 Å². The SMILES string of the molecule is CC(C)N(B(C1=Cc2ccccc2C1)C1=Cc2ccccc2C1)C(C)C.CC(C)N(B(C1CC2CCCCC2C1)C1CC2CCCCC2C1)C(C)C.[CH3-].[CH3-].[Cl][Ti][Cl]. The topological polar surface area (TPSA) is 6.48 Å². The Balaban J connectivity index is 0.000000229. The molecular formula is C50H78B2Cl2N2Ti-2. The van der Waals surface area contributed by atoms with Crippen LogP contribution in [0, 0.1) is 38.5 Å². The number of hydrogen-bond acceptors (Lipinski definition) is 2. The van der Waals surface area contributed by atoms with Crippen LogP contribution in [0.5, 0.6) is 0 Å². The summed E-state index contributed by atoms with van der Waals surface area (Å²) >= 11 is -0.556. The molecule has 2 aromatic carbocycles. The number of benzene rings is 2. The number of hydrogen-bond donors (Lipinski definition) is 0. The van der Waals surface area contributed by atoms with Crippen molar-refractivity contribution >= 4 is 44.5 Å². The Morgan fingerprint density at radius 2 is 0.842 bits per heavy atom. The molecule has 0 heterocycles. The van der Waals surface area contributed by atoms with E-state index in [4.69, 9.17) is 18.6 Å². The molecule has 6 aliphatic rings. The van der Waals surface area contributed by atoms with Crippen molar-refractivity contribution in [2.45, 2.75) is 181 Å². The Labute approximate surface area is 370 Å². The maximum absolute atomic E-state index is 4.89. The van der Waals surface area contributed by atoms with Crippen LogP contribution in [0.3, 0.4) is 0 Å². The van der Waals surface area contributed by atoms with Crippen LogP contribution >= 0.6 is 18.6 Å². The summed E-state index contributed by atoms with van der Waals surface area (Å²) in [5.74, 6) is 6.33. The predicted octanol–water partition coefficient (Wildman–Crippen LogP) is 14.8. The molecule has 2 aromatic rings. The van der Waals surface area contributed by atoms with Gasteiger partial charge in [0.05, 0.1) is 0 Å². The predicted molar refractivity (Wildman–Crippen MR) is 253 cm³/mol. The summed E-state index contributed by atoms with van der Waals surface area (Å²) in [6.07, 6.45) is 25.6. The van der Waals surface area contributed by atoms with Crippen molar-refractivity contribution in [3.63, 3.8) is 0 Å². The molecule has 0 aromatic heterocycles. The van der Waals surface area contributed by atoms with Gasteiger partial charge in [-0.2, -0.15) is 0 Å². The number of nitrogens with zero attached hydrogens (tertiary/aromatic N) is 2. The molecule has 0 aliphatic heterocycles. The van der Waals surface area contributed by atoms with E-state index in [1.165, 1.54) is 47.9 Å². The zero-order valence-electron chi connectivity index (χ0n) is 37.8. The van der Waals surface area contributed by atoms with E-state index >= 15 is 0 Å². The standard InChI is InChI=1S/C24H44BN.C24H28BN.2CH3.2ClH.Ti/c2*1-17(2)26(18(3)4)25(23-13-19-9-5-6-10-20(19)14-23)24-15-21-11-7-8-12-22(21)16-24;;;;;/h17-24H,5-16H2,1-4H3;5-13,15,17-18H,14,16H2,1-4H3;2*1H3;2*1H;/q;;2*-1;;;+2/p-2. The van der Waals surface area contributed by atoms with Gasteiger partial charge in [-0.3, -0.25) is 0 Å². The second kappa shape index (κ2) is 22.9. The number of fused-ring (bicyclic) bond motifs is 4. The summed E-state index contributed by atoms with van der Waals surface area (Å²) in [6, 6.07) is 20.1. The fraction of sp³-hybridized carbons (Fsp3) is 0.640. The summed E-state index contributed by atoms with van der Waals surface area (Å²) in [5.41, 5.74) is 8.83. The zero-order chi connectivity index (χ0) is 39.2. The number of halogens is 2. The van der Waals surface area contributed by atoms with Crippen LogP contribution in [0.4, 0.5) is 0 Å². The van der Waals surface area contributed by atoms with Crippen molar-refractivity contribution in [2.24, 2.45) is 23.7 Å². The molecule has 4 unspecified atom stereocenters. The van der Waals surface area contributed by atoms with Gasteiger partial charge in [0.15, 0.2) is 0 Å². The Morgan fingerprint density at radius 3 is 1.14 bits per heavy atom. The summed E-state index contributed by atoms with van der Waals surface area (Å²) in [4.78, 5) is 5.67. The van der Waals surface area contributed by atoms with E-state index in [0.717, 1.165) is 55.0 Å². The summed E-state index contributed by atoms with van der Waals surface area (Å²) in [5, 5.41) is 0. The summed E-state index contributed by atoms with van der Waals surface area (Å²) < 4.78 is 0. The first-order chi connectivity index (χ1) is 26.5. The van der Waals surface area contributed by atoms with E-state index in [9.17, 15) is 0 Å². The molecule has 0 amide bonds. The number of allylic oxidation sites excluding steroid dienone is 2. The average molecular weight is 848 g/mol. The molecule has 0 spiro atoms. The quantitative estimate of drug-likeness (QED) is 0.174. The van der Waals surface area contributed by atoms with Crippen molar-refractivity contribution in [2.75, 3.05) is 0 Å². The molecule has 4 fully saturated rings. The van der Waals surface area contributed by atoms with Crippen LogP contribution in [-0.4, -0.2) is 47.5 Å². The van der Waals surface area contributed by atoms with Gasteiger partial charge in [0.1, 0.15) is 0 Å².